The number of ether oxygens (including phenoxy) is 1. The molecule has 1 saturated carbocycles. The monoisotopic (exact) mass is 400 g/mol. The van der Waals surface area contributed by atoms with Gasteiger partial charge in [0.2, 0.25) is 5.95 Å². The Bertz CT molecular complexity index is 946. The van der Waals surface area contributed by atoms with Gasteiger partial charge in [-0.1, -0.05) is 6.07 Å². The lowest BCUT2D eigenvalue weighted by Crippen LogP contribution is -2.27. The van der Waals surface area contributed by atoms with Crippen molar-refractivity contribution in [1.29, 1.82) is 0 Å². The first-order chi connectivity index (χ1) is 13.2. The molecule has 1 aliphatic heterocycles. The van der Waals surface area contributed by atoms with E-state index in [9.17, 15) is 26.7 Å². The zero-order valence-corrected chi connectivity index (χ0v) is 14.2. The number of hydrogen-bond acceptors (Lipinski definition) is 5. The van der Waals surface area contributed by atoms with Gasteiger partial charge in [-0.05, 0) is 25.0 Å². The van der Waals surface area contributed by atoms with Gasteiger partial charge in [0.05, 0.1) is 18.3 Å². The highest BCUT2D eigenvalue weighted by Gasteiger charge is 2.55. The summed E-state index contributed by atoms with van der Waals surface area (Å²) in [4.78, 5) is 20.6. The smallest absolute Gasteiger partial charge is 0.416 e. The molecule has 1 aliphatic carbocycles. The zero-order chi connectivity index (χ0) is 20.1. The van der Waals surface area contributed by atoms with Crippen molar-refractivity contribution in [3.05, 3.63) is 47.2 Å². The summed E-state index contributed by atoms with van der Waals surface area (Å²) in [5, 5.41) is 2.61. The van der Waals surface area contributed by atoms with Gasteiger partial charge in [0.25, 0.3) is 0 Å². The molecule has 1 amide bonds. The quantitative estimate of drug-likeness (QED) is 0.790. The predicted octanol–water partition coefficient (Wildman–Crippen LogP) is 3.87. The number of nitrogens with one attached hydrogen (secondary N) is 1. The maximum atomic E-state index is 14.1. The SMILES string of the molecule is O=C1OC2(CC2)CN1c1nc(NCc2ccc(C(F)(F)F)cc2F)ncc1F. The molecule has 2 heterocycles. The summed E-state index contributed by atoms with van der Waals surface area (Å²) in [6.07, 6.45) is -3.13. The Kier molecular flexibility index (Phi) is 4.12. The average Bonchev–Trinajstić information content (AvgIpc) is 3.29. The first-order valence-corrected chi connectivity index (χ1v) is 8.29. The maximum Gasteiger partial charge on any atom is 0.416 e. The Morgan fingerprint density at radius 2 is 1.96 bits per heavy atom. The Hall–Kier alpha value is -2.98. The summed E-state index contributed by atoms with van der Waals surface area (Å²) in [5.41, 5.74) is -1.73. The molecule has 1 aromatic carbocycles. The molecule has 1 N–H and O–H groups in total. The van der Waals surface area contributed by atoms with E-state index >= 15 is 0 Å². The van der Waals surface area contributed by atoms with Crippen LogP contribution in [0.1, 0.15) is 24.0 Å². The molecule has 6 nitrogen and oxygen atoms in total. The number of halogens is 5. The summed E-state index contributed by atoms with van der Waals surface area (Å²) in [7, 11) is 0. The molecule has 0 atom stereocenters. The first-order valence-electron chi connectivity index (χ1n) is 8.29. The molecule has 2 aliphatic rings. The molecule has 11 heteroatoms. The van der Waals surface area contributed by atoms with E-state index < -0.39 is 35.1 Å². The van der Waals surface area contributed by atoms with Crippen LogP contribution < -0.4 is 10.2 Å². The van der Waals surface area contributed by atoms with Gasteiger partial charge in [0, 0.05) is 12.1 Å². The van der Waals surface area contributed by atoms with Crippen molar-refractivity contribution in [2.75, 3.05) is 16.8 Å². The Morgan fingerprint density at radius 3 is 2.57 bits per heavy atom. The van der Waals surface area contributed by atoms with Crippen molar-refractivity contribution in [3.8, 4) is 0 Å². The number of carbonyl (C=O) groups is 1. The van der Waals surface area contributed by atoms with E-state index in [0.29, 0.717) is 18.9 Å². The second-order valence-electron chi connectivity index (χ2n) is 6.66. The Morgan fingerprint density at radius 1 is 1.21 bits per heavy atom. The Balaban J connectivity index is 1.50. The molecule has 0 bridgehead atoms. The highest BCUT2D eigenvalue weighted by atomic mass is 19.4. The van der Waals surface area contributed by atoms with Crippen molar-refractivity contribution in [1.82, 2.24) is 9.97 Å². The van der Waals surface area contributed by atoms with Gasteiger partial charge in [-0.3, -0.25) is 4.90 Å². The molecular weight excluding hydrogens is 387 g/mol. The highest BCUT2D eigenvalue weighted by molar-refractivity contribution is 5.89. The molecular formula is C17H13F5N4O2. The van der Waals surface area contributed by atoms with Crippen LogP contribution in [0.3, 0.4) is 0 Å². The molecule has 28 heavy (non-hydrogen) atoms. The fraction of sp³-hybridized carbons (Fsp3) is 0.353. The van der Waals surface area contributed by atoms with Crippen molar-refractivity contribution in [2.45, 2.75) is 31.2 Å². The van der Waals surface area contributed by atoms with Crippen molar-refractivity contribution in [2.24, 2.45) is 0 Å². The number of amides is 1. The maximum absolute atomic E-state index is 14.1. The molecule has 2 aromatic rings. The molecule has 2 fully saturated rings. The number of hydrogen-bond donors (Lipinski definition) is 1. The van der Waals surface area contributed by atoms with Crippen LogP contribution in [0.4, 0.5) is 38.5 Å². The third-order valence-electron chi connectivity index (χ3n) is 4.58. The minimum atomic E-state index is -4.65. The molecule has 0 unspecified atom stereocenters. The van der Waals surface area contributed by atoms with E-state index in [1.54, 1.807) is 0 Å². The van der Waals surface area contributed by atoms with E-state index in [4.69, 9.17) is 4.74 Å². The second kappa shape index (κ2) is 6.28. The first kappa shape index (κ1) is 18.4. The van der Waals surface area contributed by atoms with Crippen LogP contribution in [0, 0.1) is 11.6 Å². The van der Waals surface area contributed by atoms with Gasteiger partial charge in [0.15, 0.2) is 11.6 Å². The average molecular weight is 400 g/mol. The second-order valence-corrected chi connectivity index (χ2v) is 6.66. The number of carbonyl (C=O) groups excluding carboxylic acids is 1. The van der Waals surface area contributed by atoms with Crippen molar-refractivity contribution >= 4 is 17.9 Å². The minimum Gasteiger partial charge on any atom is -0.441 e. The van der Waals surface area contributed by atoms with E-state index in [1.807, 2.05) is 0 Å². The van der Waals surface area contributed by atoms with Gasteiger partial charge in [-0.2, -0.15) is 18.2 Å². The Labute approximate surface area is 155 Å². The normalized spacial score (nSPS) is 17.8. The van der Waals surface area contributed by atoms with Gasteiger partial charge in [-0.15, -0.1) is 0 Å². The number of nitrogens with zero attached hydrogens (tertiary/aromatic N) is 3. The summed E-state index contributed by atoms with van der Waals surface area (Å²) in [6, 6.07) is 2.14. The summed E-state index contributed by atoms with van der Waals surface area (Å²) < 4.78 is 71.0. The fourth-order valence-corrected chi connectivity index (χ4v) is 2.86. The van der Waals surface area contributed by atoms with E-state index in [-0.39, 0.29) is 30.4 Å². The standard InChI is InChI=1S/C17H13F5N4O2/c18-11-5-10(17(20,21)22)2-1-9(11)6-23-14-24-7-12(19)13(25-14)26-8-16(3-4-16)28-15(26)27/h1-2,5,7H,3-4,6,8H2,(H,23,24,25). The van der Waals surface area contributed by atoms with Crippen LogP contribution in [0.2, 0.25) is 0 Å². The zero-order valence-electron chi connectivity index (χ0n) is 14.2. The topological polar surface area (TPSA) is 67.3 Å². The van der Waals surface area contributed by atoms with Gasteiger partial charge in [0.1, 0.15) is 11.4 Å². The lowest BCUT2D eigenvalue weighted by atomic mass is 10.1. The van der Waals surface area contributed by atoms with Crippen LogP contribution in [0.5, 0.6) is 0 Å². The molecule has 148 valence electrons. The van der Waals surface area contributed by atoms with Crippen molar-refractivity contribution in [3.63, 3.8) is 0 Å². The van der Waals surface area contributed by atoms with Crippen LogP contribution in [0.15, 0.2) is 24.4 Å². The number of alkyl halides is 3. The van der Waals surface area contributed by atoms with Gasteiger partial charge < -0.3 is 10.1 Å². The summed E-state index contributed by atoms with van der Waals surface area (Å²) >= 11 is 0. The largest absolute Gasteiger partial charge is 0.441 e. The number of rotatable bonds is 4. The summed E-state index contributed by atoms with van der Waals surface area (Å²) in [5.74, 6) is -2.27. The van der Waals surface area contributed by atoms with Crippen molar-refractivity contribution < 1.29 is 31.5 Å². The highest BCUT2D eigenvalue weighted by Crippen LogP contribution is 2.45. The van der Waals surface area contributed by atoms with Crippen LogP contribution in [0.25, 0.3) is 0 Å². The van der Waals surface area contributed by atoms with Gasteiger partial charge in [-0.25, -0.2) is 18.6 Å². The van der Waals surface area contributed by atoms with Crippen LogP contribution >= 0.6 is 0 Å². The third-order valence-corrected chi connectivity index (χ3v) is 4.58. The van der Waals surface area contributed by atoms with Crippen LogP contribution in [-0.4, -0.2) is 28.2 Å². The molecule has 1 saturated heterocycles. The number of anilines is 2. The number of aromatic nitrogens is 2. The van der Waals surface area contributed by atoms with E-state index in [2.05, 4.69) is 15.3 Å². The summed E-state index contributed by atoms with van der Waals surface area (Å²) in [6.45, 7) is -0.0594. The third kappa shape index (κ3) is 3.43. The lowest BCUT2D eigenvalue weighted by molar-refractivity contribution is -0.137. The number of benzene rings is 1. The lowest BCUT2D eigenvalue weighted by Gasteiger charge is -2.14. The molecule has 0 radical (unpaired) electrons. The molecule has 4 rings (SSSR count). The van der Waals surface area contributed by atoms with E-state index in [1.165, 1.54) is 0 Å². The van der Waals surface area contributed by atoms with Gasteiger partial charge >= 0.3 is 12.3 Å². The van der Waals surface area contributed by atoms with Crippen LogP contribution in [-0.2, 0) is 17.5 Å². The van der Waals surface area contributed by atoms with E-state index in [0.717, 1.165) is 23.2 Å². The minimum absolute atomic E-state index is 0.0556. The fourth-order valence-electron chi connectivity index (χ4n) is 2.86. The predicted molar refractivity (Wildman–Crippen MR) is 86.5 cm³/mol. The molecule has 1 spiro atoms. The molecule has 1 aromatic heterocycles.